The van der Waals surface area contributed by atoms with Gasteiger partial charge >= 0.3 is 0 Å². The number of amides is 1. The molecule has 1 fully saturated rings. The van der Waals surface area contributed by atoms with E-state index in [-0.39, 0.29) is 12.0 Å². The number of aromatic nitrogens is 1. The van der Waals surface area contributed by atoms with E-state index in [4.69, 9.17) is 10.00 Å². The summed E-state index contributed by atoms with van der Waals surface area (Å²) in [5, 5.41) is 8.75. The van der Waals surface area contributed by atoms with Crippen molar-refractivity contribution in [2.45, 2.75) is 33.3 Å². The van der Waals surface area contributed by atoms with Crippen LogP contribution in [0.2, 0.25) is 0 Å². The van der Waals surface area contributed by atoms with E-state index in [0.717, 1.165) is 12.0 Å². The molecular weight excluding hydrogens is 278 g/mol. The Kier molecular flexibility index (Phi) is 4.51. The second-order valence-corrected chi connectivity index (χ2v) is 6.18. The van der Waals surface area contributed by atoms with Crippen molar-refractivity contribution in [2.75, 3.05) is 13.1 Å². The van der Waals surface area contributed by atoms with Gasteiger partial charge in [-0.3, -0.25) is 4.79 Å². The number of ether oxygens (including phenoxy) is 1. The lowest BCUT2D eigenvalue weighted by atomic mass is 9.84. The maximum Gasteiger partial charge on any atom is 0.232 e. The number of hydrogen-bond acceptors (Lipinski definition) is 4. The molecule has 0 N–H and O–H groups in total. The summed E-state index contributed by atoms with van der Waals surface area (Å²) in [4.78, 5) is 18.5. The van der Waals surface area contributed by atoms with E-state index in [1.807, 2.05) is 31.7 Å². The Morgan fingerprint density at radius 3 is 2.82 bits per heavy atom. The number of hydrogen-bond donors (Lipinski definition) is 0. The van der Waals surface area contributed by atoms with Crippen molar-refractivity contribution in [1.29, 1.82) is 5.26 Å². The van der Waals surface area contributed by atoms with Gasteiger partial charge in [-0.1, -0.05) is 12.2 Å². The minimum atomic E-state index is -0.554. The fraction of sp³-hybridized carbons (Fsp3) is 0.471. The van der Waals surface area contributed by atoms with Crippen LogP contribution in [0.4, 0.5) is 0 Å². The Labute approximate surface area is 131 Å². The highest BCUT2D eigenvalue weighted by molar-refractivity contribution is 5.85. The highest BCUT2D eigenvalue weighted by Gasteiger charge is 2.37. The van der Waals surface area contributed by atoms with Crippen LogP contribution in [0.5, 0.6) is 5.88 Å². The fourth-order valence-electron chi connectivity index (χ4n) is 2.27. The maximum atomic E-state index is 12.5. The summed E-state index contributed by atoms with van der Waals surface area (Å²) in [5.41, 5.74) is 0.802. The lowest BCUT2D eigenvalue weighted by Crippen LogP contribution is -2.40. The third-order valence-electron chi connectivity index (χ3n) is 4.19. The van der Waals surface area contributed by atoms with Gasteiger partial charge in [0.05, 0.1) is 17.5 Å². The maximum absolute atomic E-state index is 12.5. The smallest absolute Gasteiger partial charge is 0.232 e. The van der Waals surface area contributed by atoms with Crippen LogP contribution in [0.1, 0.15) is 32.8 Å². The molecular formula is C17H21N3O2. The minimum absolute atomic E-state index is 0.0645. The first-order chi connectivity index (χ1) is 10.3. The Bertz CT molecular complexity index is 614. The second kappa shape index (κ2) is 6.18. The van der Waals surface area contributed by atoms with Gasteiger partial charge in [-0.25, -0.2) is 4.98 Å². The van der Waals surface area contributed by atoms with Crippen molar-refractivity contribution in [2.24, 2.45) is 5.41 Å². The van der Waals surface area contributed by atoms with E-state index in [0.29, 0.717) is 24.5 Å². The molecule has 0 aliphatic carbocycles. The molecule has 5 nitrogen and oxygen atoms in total. The Morgan fingerprint density at radius 2 is 2.27 bits per heavy atom. The average Bonchev–Trinajstić information content (AvgIpc) is 2.95. The van der Waals surface area contributed by atoms with E-state index in [1.54, 1.807) is 12.1 Å². The zero-order valence-electron chi connectivity index (χ0n) is 13.3. The van der Waals surface area contributed by atoms with Crippen LogP contribution >= 0.6 is 0 Å². The molecule has 22 heavy (non-hydrogen) atoms. The van der Waals surface area contributed by atoms with Gasteiger partial charge in [0.2, 0.25) is 11.8 Å². The molecule has 2 rings (SSSR count). The normalized spacial score (nSPS) is 17.9. The van der Waals surface area contributed by atoms with Crippen LogP contribution < -0.4 is 4.74 Å². The monoisotopic (exact) mass is 299 g/mol. The quantitative estimate of drug-likeness (QED) is 0.801. The van der Waals surface area contributed by atoms with Gasteiger partial charge < -0.3 is 9.64 Å². The SMILES string of the molecule is C=C(C)C(C)(C)C(=O)N1CC[C@H](Oc2ccc(C#N)cn2)C1. The summed E-state index contributed by atoms with van der Waals surface area (Å²) < 4.78 is 5.79. The summed E-state index contributed by atoms with van der Waals surface area (Å²) in [6, 6.07) is 5.37. The summed E-state index contributed by atoms with van der Waals surface area (Å²) in [7, 11) is 0. The Morgan fingerprint density at radius 1 is 1.55 bits per heavy atom. The van der Waals surface area contributed by atoms with Gasteiger partial charge in [-0.2, -0.15) is 5.26 Å². The molecule has 1 aliphatic rings. The summed E-state index contributed by atoms with van der Waals surface area (Å²) in [6.07, 6.45) is 2.20. The summed E-state index contributed by atoms with van der Waals surface area (Å²) in [5.74, 6) is 0.566. The highest BCUT2D eigenvalue weighted by atomic mass is 16.5. The third kappa shape index (κ3) is 3.28. The molecule has 5 heteroatoms. The molecule has 0 bridgehead atoms. The van der Waals surface area contributed by atoms with E-state index in [2.05, 4.69) is 11.6 Å². The summed E-state index contributed by atoms with van der Waals surface area (Å²) in [6.45, 7) is 10.8. The van der Waals surface area contributed by atoms with Crippen molar-refractivity contribution in [3.63, 3.8) is 0 Å². The van der Waals surface area contributed by atoms with Crippen LogP contribution in [-0.4, -0.2) is 35.0 Å². The summed E-state index contributed by atoms with van der Waals surface area (Å²) >= 11 is 0. The molecule has 1 amide bonds. The van der Waals surface area contributed by atoms with Gasteiger partial charge in [-0.05, 0) is 26.8 Å². The lowest BCUT2D eigenvalue weighted by molar-refractivity contribution is -0.137. The number of rotatable bonds is 4. The predicted molar refractivity (Wildman–Crippen MR) is 83.2 cm³/mol. The number of likely N-dealkylation sites (tertiary alicyclic amines) is 1. The van der Waals surface area contributed by atoms with Gasteiger partial charge in [0.15, 0.2) is 0 Å². The van der Waals surface area contributed by atoms with Crippen LogP contribution in [0.25, 0.3) is 0 Å². The molecule has 1 aromatic rings. The molecule has 0 aromatic carbocycles. The van der Waals surface area contributed by atoms with E-state index in [1.165, 1.54) is 6.20 Å². The van der Waals surface area contributed by atoms with Crippen molar-refractivity contribution in [1.82, 2.24) is 9.88 Å². The first-order valence-electron chi connectivity index (χ1n) is 7.32. The molecule has 1 saturated heterocycles. The second-order valence-electron chi connectivity index (χ2n) is 6.18. The molecule has 2 heterocycles. The topological polar surface area (TPSA) is 66.2 Å². The zero-order valence-corrected chi connectivity index (χ0v) is 13.3. The van der Waals surface area contributed by atoms with Crippen LogP contribution in [0, 0.1) is 16.7 Å². The van der Waals surface area contributed by atoms with Crippen molar-refractivity contribution in [3.8, 4) is 11.9 Å². The van der Waals surface area contributed by atoms with Crippen molar-refractivity contribution in [3.05, 3.63) is 36.0 Å². The van der Waals surface area contributed by atoms with Gasteiger partial charge in [0.25, 0.3) is 0 Å². The first-order valence-corrected chi connectivity index (χ1v) is 7.32. The van der Waals surface area contributed by atoms with Gasteiger partial charge in [0.1, 0.15) is 12.2 Å². The molecule has 0 spiro atoms. The number of nitriles is 1. The standard InChI is InChI=1S/C17H21N3O2/c1-12(2)17(3,4)16(21)20-8-7-14(11-20)22-15-6-5-13(9-18)10-19-15/h5-6,10,14H,1,7-8,11H2,2-4H3/t14-/m0/s1. The molecule has 0 saturated carbocycles. The average molecular weight is 299 g/mol. The largest absolute Gasteiger partial charge is 0.472 e. The Balaban J connectivity index is 1.96. The minimum Gasteiger partial charge on any atom is -0.472 e. The number of pyridine rings is 1. The number of carbonyl (C=O) groups is 1. The molecule has 0 unspecified atom stereocenters. The molecule has 1 aromatic heterocycles. The fourth-order valence-corrected chi connectivity index (χ4v) is 2.27. The molecule has 116 valence electrons. The lowest BCUT2D eigenvalue weighted by Gasteiger charge is -2.29. The molecule has 0 radical (unpaired) electrons. The molecule has 1 atom stereocenters. The highest BCUT2D eigenvalue weighted by Crippen LogP contribution is 2.29. The van der Waals surface area contributed by atoms with E-state index in [9.17, 15) is 4.79 Å². The number of carbonyl (C=O) groups excluding carboxylic acids is 1. The zero-order chi connectivity index (χ0) is 16.3. The van der Waals surface area contributed by atoms with Gasteiger partial charge in [-0.15, -0.1) is 0 Å². The van der Waals surface area contributed by atoms with E-state index >= 15 is 0 Å². The third-order valence-corrected chi connectivity index (χ3v) is 4.19. The number of nitrogens with zero attached hydrogens (tertiary/aromatic N) is 3. The van der Waals surface area contributed by atoms with Crippen LogP contribution in [0.3, 0.4) is 0 Å². The molecule has 1 aliphatic heterocycles. The van der Waals surface area contributed by atoms with Crippen LogP contribution in [0.15, 0.2) is 30.5 Å². The Hall–Kier alpha value is -2.35. The van der Waals surface area contributed by atoms with Gasteiger partial charge in [0, 0.05) is 25.2 Å². The van der Waals surface area contributed by atoms with E-state index < -0.39 is 5.41 Å². The van der Waals surface area contributed by atoms with Crippen LogP contribution in [-0.2, 0) is 4.79 Å². The first kappa shape index (κ1) is 16.0. The predicted octanol–water partition coefficient (Wildman–Crippen LogP) is 2.54. The van der Waals surface area contributed by atoms with Crippen molar-refractivity contribution < 1.29 is 9.53 Å². The van der Waals surface area contributed by atoms with Crippen molar-refractivity contribution >= 4 is 5.91 Å².